The van der Waals surface area contributed by atoms with Crippen molar-refractivity contribution < 1.29 is 14.3 Å². The Morgan fingerprint density at radius 1 is 1.12 bits per heavy atom. The summed E-state index contributed by atoms with van der Waals surface area (Å²) in [5.41, 5.74) is 1.47. The highest BCUT2D eigenvalue weighted by Crippen LogP contribution is 2.39. The van der Waals surface area contributed by atoms with E-state index in [9.17, 15) is 4.79 Å². The van der Waals surface area contributed by atoms with Crippen molar-refractivity contribution in [3.05, 3.63) is 59.7 Å². The van der Waals surface area contributed by atoms with Gasteiger partial charge < -0.3 is 20.1 Å². The lowest BCUT2D eigenvalue weighted by Gasteiger charge is -2.41. The number of nitrogens with zero attached hydrogens (tertiary/aromatic N) is 2. The summed E-state index contributed by atoms with van der Waals surface area (Å²) >= 11 is 0. The highest BCUT2D eigenvalue weighted by molar-refractivity contribution is 5.97. The van der Waals surface area contributed by atoms with E-state index in [1.54, 1.807) is 32.4 Å². The number of carbonyl (C=O) groups is 1. The quantitative estimate of drug-likeness (QED) is 0.260. The van der Waals surface area contributed by atoms with Crippen LogP contribution in [0.4, 0.5) is 0 Å². The van der Waals surface area contributed by atoms with Gasteiger partial charge >= 0.3 is 0 Å². The second-order valence-electron chi connectivity index (χ2n) is 8.10. The molecule has 0 aromatic heterocycles. The molecule has 33 heavy (non-hydrogen) atoms. The number of benzene rings is 2. The fraction of sp³-hybridized carbons (Fsp3) is 0.400. The Balaban J connectivity index is 1.76. The maximum atomic E-state index is 13.1. The van der Waals surface area contributed by atoms with Crippen molar-refractivity contribution in [1.82, 2.24) is 16.0 Å². The number of aliphatic imine (C=N–C) groups is 1. The zero-order valence-corrected chi connectivity index (χ0v) is 19.4. The standard InChI is InChI=1S/C25H31N5O3/c1-27-24(29-17-26)30-19-12-14-25(15-13-19,18-8-5-4-6-9-18)16-28-23(31)20-10-7-11-21(32-2)22(20)33-3/h4-11,19H,12-16H2,1-3H3,(H,28,31)(H2,27,29,30). The first-order valence-corrected chi connectivity index (χ1v) is 11.0. The molecule has 0 atom stereocenters. The molecular weight excluding hydrogens is 418 g/mol. The molecule has 1 saturated carbocycles. The zero-order chi connectivity index (χ0) is 23.7. The number of rotatable bonds is 7. The number of hydrogen-bond acceptors (Lipinski definition) is 5. The number of methoxy groups -OCH3 is 2. The van der Waals surface area contributed by atoms with Crippen molar-refractivity contribution in [1.29, 1.82) is 5.26 Å². The summed E-state index contributed by atoms with van der Waals surface area (Å²) in [6.07, 6.45) is 5.45. The van der Waals surface area contributed by atoms with Gasteiger partial charge in [0.15, 0.2) is 17.7 Å². The molecule has 0 heterocycles. The minimum Gasteiger partial charge on any atom is -0.493 e. The average molecular weight is 450 g/mol. The fourth-order valence-electron chi connectivity index (χ4n) is 4.49. The predicted molar refractivity (Wildman–Crippen MR) is 127 cm³/mol. The number of carbonyl (C=O) groups excluding carboxylic acids is 1. The van der Waals surface area contributed by atoms with Gasteiger partial charge in [-0.25, -0.2) is 0 Å². The third-order valence-electron chi connectivity index (χ3n) is 6.30. The molecule has 0 bridgehead atoms. The van der Waals surface area contributed by atoms with E-state index in [4.69, 9.17) is 14.7 Å². The van der Waals surface area contributed by atoms with E-state index in [-0.39, 0.29) is 17.4 Å². The molecule has 3 N–H and O–H groups in total. The van der Waals surface area contributed by atoms with Crippen LogP contribution in [0.15, 0.2) is 53.5 Å². The van der Waals surface area contributed by atoms with E-state index >= 15 is 0 Å². The first-order valence-electron chi connectivity index (χ1n) is 11.0. The Hall–Kier alpha value is -3.73. The Morgan fingerprint density at radius 2 is 1.85 bits per heavy atom. The third kappa shape index (κ3) is 5.55. The van der Waals surface area contributed by atoms with Crippen molar-refractivity contribution in [2.45, 2.75) is 37.1 Å². The summed E-state index contributed by atoms with van der Waals surface area (Å²) in [5, 5.41) is 17.9. The number of hydrogen-bond donors (Lipinski definition) is 3. The average Bonchev–Trinajstić information content (AvgIpc) is 2.87. The molecule has 1 amide bonds. The van der Waals surface area contributed by atoms with E-state index in [2.05, 4.69) is 33.1 Å². The van der Waals surface area contributed by atoms with E-state index in [0.29, 0.717) is 29.6 Å². The van der Waals surface area contributed by atoms with Crippen LogP contribution in [0, 0.1) is 11.5 Å². The molecule has 8 nitrogen and oxygen atoms in total. The molecule has 1 fully saturated rings. The minimum atomic E-state index is -0.195. The summed E-state index contributed by atoms with van der Waals surface area (Å²) in [6, 6.07) is 15.8. The lowest BCUT2D eigenvalue weighted by Crippen LogP contribution is -2.49. The van der Waals surface area contributed by atoms with E-state index in [0.717, 1.165) is 25.7 Å². The summed E-state index contributed by atoms with van der Waals surface area (Å²) in [7, 11) is 4.73. The Kier molecular flexibility index (Phi) is 8.14. The highest BCUT2D eigenvalue weighted by atomic mass is 16.5. The molecule has 174 valence electrons. The molecular formula is C25H31N5O3. The SMILES string of the molecule is CN=C(NC#N)NC1CCC(CNC(=O)c2cccc(OC)c2OC)(c2ccccc2)CC1. The number of guanidine groups is 1. The van der Waals surface area contributed by atoms with Crippen LogP contribution in [0.2, 0.25) is 0 Å². The van der Waals surface area contributed by atoms with Gasteiger partial charge in [-0.3, -0.25) is 15.1 Å². The van der Waals surface area contributed by atoms with Gasteiger partial charge in [0.2, 0.25) is 5.96 Å². The molecule has 0 spiro atoms. The molecule has 3 rings (SSSR count). The first-order chi connectivity index (χ1) is 16.1. The molecule has 0 radical (unpaired) electrons. The summed E-state index contributed by atoms with van der Waals surface area (Å²) in [6.45, 7) is 0.508. The normalized spacial score (nSPS) is 20.3. The lowest BCUT2D eigenvalue weighted by molar-refractivity contribution is 0.0931. The second kappa shape index (κ2) is 11.2. The molecule has 1 aliphatic rings. The van der Waals surface area contributed by atoms with Crippen LogP contribution >= 0.6 is 0 Å². The number of nitriles is 1. The largest absolute Gasteiger partial charge is 0.493 e. The van der Waals surface area contributed by atoms with Crippen molar-refractivity contribution in [3.63, 3.8) is 0 Å². The lowest BCUT2D eigenvalue weighted by atomic mass is 9.68. The molecule has 0 unspecified atom stereocenters. The summed E-state index contributed by atoms with van der Waals surface area (Å²) in [5.74, 6) is 1.23. The van der Waals surface area contributed by atoms with Gasteiger partial charge in [0.05, 0.1) is 19.8 Å². The van der Waals surface area contributed by atoms with Crippen LogP contribution in [-0.4, -0.2) is 45.7 Å². The molecule has 8 heteroatoms. The first kappa shape index (κ1) is 23.9. The zero-order valence-electron chi connectivity index (χ0n) is 19.4. The number of ether oxygens (including phenoxy) is 2. The molecule has 2 aromatic rings. The predicted octanol–water partition coefficient (Wildman–Crippen LogP) is 2.96. The van der Waals surface area contributed by atoms with Crippen LogP contribution in [0.3, 0.4) is 0 Å². The van der Waals surface area contributed by atoms with E-state index in [1.165, 1.54) is 12.7 Å². The van der Waals surface area contributed by atoms with Gasteiger partial charge in [-0.1, -0.05) is 36.4 Å². The molecule has 2 aromatic carbocycles. The minimum absolute atomic E-state index is 0.187. The maximum Gasteiger partial charge on any atom is 0.255 e. The van der Waals surface area contributed by atoms with Gasteiger partial charge in [0.1, 0.15) is 0 Å². The van der Waals surface area contributed by atoms with Crippen LogP contribution in [-0.2, 0) is 5.41 Å². The Morgan fingerprint density at radius 3 is 2.45 bits per heavy atom. The summed E-state index contributed by atoms with van der Waals surface area (Å²) in [4.78, 5) is 17.2. The van der Waals surface area contributed by atoms with Crippen molar-refractivity contribution in [2.75, 3.05) is 27.8 Å². The van der Waals surface area contributed by atoms with Crippen LogP contribution in [0.1, 0.15) is 41.6 Å². The van der Waals surface area contributed by atoms with E-state index in [1.807, 2.05) is 24.4 Å². The van der Waals surface area contributed by atoms with Gasteiger partial charge in [-0.05, 0) is 43.4 Å². The van der Waals surface area contributed by atoms with Crippen LogP contribution < -0.4 is 25.4 Å². The van der Waals surface area contributed by atoms with Gasteiger partial charge in [-0.2, -0.15) is 5.26 Å². The second-order valence-corrected chi connectivity index (χ2v) is 8.10. The van der Waals surface area contributed by atoms with Gasteiger partial charge in [-0.15, -0.1) is 0 Å². The Labute approximate surface area is 195 Å². The van der Waals surface area contributed by atoms with Crippen molar-refractivity contribution in [2.24, 2.45) is 4.99 Å². The fourth-order valence-corrected chi connectivity index (χ4v) is 4.49. The van der Waals surface area contributed by atoms with Gasteiger partial charge in [0, 0.05) is 25.0 Å². The van der Waals surface area contributed by atoms with Crippen LogP contribution in [0.5, 0.6) is 11.5 Å². The number of amides is 1. The van der Waals surface area contributed by atoms with Crippen molar-refractivity contribution >= 4 is 11.9 Å². The van der Waals surface area contributed by atoms with Crippen molar-refractivity contribution in [3.8, 4) is 17.7 Å². The molecule has 0 saturated heterocycles. The Bertz CT molecular complexity index is 1010. The molecule has 1 aliphatic carbocycles. The molecule has 0 aliphatic heterocycles. The highest BCUT2D eigenvalue weighted by Gasteiger charge is 2.37. The number of para-hydroxylation sites is 1. The summed E-state index contributed by atoms with van der Waals surface area (Å²) < 4.78 is 10.8. The van der Waals surface area contributed by atoms with Gasteiger partial charge in [0.25, 0.3) is 5.91 Å². The van der Waals surface area contributed by atoms with E-state index < -0.39 is 0 Å². The topological polar surface area (TPSA) is 108 Å². The maximum absolute atomic E-state index is 13.1. The third-order valence-corrected chi connectivity index (χ3v) is 6.30. The number of nitrogens with one attached hydrogen (secondary N) is 3. The smallest absolute Gasteiger partial charge is 0.255 e. The van der Waals surface area contributed by atoms with Crippen LogP contribution in [0.25, 0.3) is 0 Å². The monoisotopic (exact) mass is 449 g/mol.